The molecule has 0 bridgehead atoms. The van der Waals surface area contributed by atoms with E-state index in [1.54, 1.807) is 0 Å². The molecule has 0 fully saturated rings. The molecule has 2 aliphatic carbocycles. The summed E-state index contributed by atoms with van der Waals surface area (Å²) < 4.78 is 0. The molecule has 0 heteroatoms. The Bertz CT molecular complexity index is 2730. The van der Waals surface area contributed by atoms with Crippen molar-refractivity contribution in [2.24, 2.45) is 0 Å². The van der Waals surface area contributed by atoms with Crippen LogP contribution < -0.4 is 0 Å². The Morgan fingerprint density at radius 2 is 0.655 bits per heavy atom. The summed E-state index contributed by atoms with van der Waals surface area (Å²) in [5.41, 5.74) is 15.2. The van der Waals surface area contributed by atoms with Crippen LogP contribution in [0.15, 0.2) is 206 Å². The summed E-state index contributed by atoms with van der Waals surface area (Å²) in [6.07, 6.45) is 6.43. The van der Waals surface area contributed by atoms with Gasteiger partial charge in [-0.1, -0.05) is 218 Å². The lowest BCUT2D eigenvalue weighted by atomic mass is 9.67. The van der Waals surface area contributed by atoms with E-state index >= 15 is 0 Å². The fourth-order valence-electron chi connectivity index (χ4n) is 9.15. The van der Waals surface area contributed by atoms with Crippen molar-refractivity contribution < 1.29 is 0 Å². The Labute approximate surface area is 342 Å². The molecule has 0 aliphatic heterocycles. The highest BCUT2D eigenvalue weighted by Crippen LogP contribution is 2.47. The van der Waals surface area contributed by atoms with Gasteiger partial charge >= 0.3 is 0 Å². The van der Waals surface area contributed by atoms with Crippen LogP contribution >= 0.6 is 0 Å². The molecule has 0 amide bonds. The Kier molecular flexibility index (Phi) is 9.03. The smallest absolute Gasteiger partial charge is 0.0765 e. The Morgan fingerprint density at radius 1 is 0.310 bits per heavy atom. The van der Waals surface area contributed by atoms with Gasteiger partial charge in [0.25, 0.3) is 0 Å². The van der Waals surface area contributed by atoms with Crippen LogP contribution in [0.25, 0.3) is 23.3 Å². The number of hydrogen-bond donors (Lipinski definition) is 0. The van der Waals surface area contributed by atoms with Gasteiger partial charge in [0.15, 0.2) is 0 Å². The van der Waals surface area contributed by atoms with E-state index in [0.29, 0.717) is 0 Å². The molecular weight excluding hydrogens is 697 g/mol. The minimum atomic E-state index is -0.695. The highest BCUT2D eigenvalue weighted by molar-refractivity contribution is 5.82. The Balaban J connectivity index is 1.11. The molecule has 0 N–H and O–H groups in total. The van der Waals surface area contributed by atoms with Crippen LogP contribution in [0, 0.1) is 23.7 Å². The van der Waals surface area contributed by atoms with Crippen molar-refractivity contribution in [3.05, 3.63) is 273 Å². The van der Waals surface area contributed by atoms with Gasteiger partial charge in [-0.25, -0.2) is 0 Å². The molecule has 2 aliphatic rings. The lowest BCUT2D eigenvalue weighted by molar-refractivity contribution is 0.802. The summed E-state index contributed by atoms with van der Waals surface area (Å²) in [6.45, 7) is 0. The number of aryl methyl sites for hydroxylation is 2. The summed E-state index contributed by atoms with van der Waals surface area (Å²) in [5, 5.41) is 0. The molecule has 0 spiro atoms. The molecule has 0 saturated carbocycles. The van der Waals surface area contributed by atoms with Crippen LogP contribution in [0.3, 0.4) is 0 Å². The van der Waals surface area contributed by atoms with Gasteiger partial charge in [0.2, 0.25) is 0 Å². The van der Waals surface area contributed by atoms with Crippen LogP contribution in [-0.4, -0.2) is 0 Å². The zero-order valence-corrected chi connectivity index (χ0v) is 32.2. The van der Waals surface area contributed by atoms with Gasteiger partial charge in [0.1, 0.15) is 10.8 Å². The van der Waals surface area contributed by atoms with Crippen molar-refractivity contribution in [1.29, 1.82) is 0 Å². The summed E-state index contributed by atoms with van der Waals surface area (Å²) in [4.78, 5) is 0. The molecule has 0 radical (unpaired) electrons. The third kappa shape index (κ3) is 6.08. The summed E-state index contributed by atoms with van der Waals surface area (Å²) in [6, 6.07) is 74.2. The highest BCUT2D eigenvalue weighted by Gasteiger charge is 2.41. The van der Waals surface area contributed by atoms with E-state index < -0.39 is 10.8 Å². The van der Waals surface area contributed by atoms with Crippen molar-refractivity contribution in [2.75, 3.05) is 0 Å². The van der Waals surface area contributed by atoms with E-state index in [2.05, 4.69) is 230 Å². The van der Waals surface area contributed by atoms with Gasteiger partial charge in [-0.05, 0) is 104 Å². The molecule has 0 nitrogen and oxygen atoms in total. The average molecular weight is 737 g/mol. The van der Waals surface area contributed by atoms with Gasteiger partial charge < -0.3 is 0 Å². The highest BCUT2D eigenvalue weighted by atomic mass is 14.4. The van der Waals surface area contributed by atoms with Gasteiger partial charge in [0, 0.05) is 11.1 Å². The number of hydrogen-bond acceptors (Lipinski definition) is 0. The minimum absolute atomic E-state index is 0.639. The zero-order chi connectivity index (χ0) is 38.8. The maximum atomic E-state index is 3.90. The lowest BCUT2D eigenvalue weighted by Gasteiger charge is -2.33. The predicted molar refractivity (Wildman–Crippen MR) is 240 cm³/mol. The third-order valence-electron chi connectivity index (χ3n) is 12.0. The van der Waals surface area contributed by atoms with E-state index in [0.717, 1.165) is 40.7 Å². The first-order valence-electron chi connectivity index (χ1n) is 20.1. The standard InChI is InChI=1S/C58H40/c1-3-15-43(16-4-1)39-41-57(53-23-11-7-19-47(53)27-28-48-20-8-12-24-54(48)57)51-35-31-45(32-36-51)46-33-37-52(38-34-46)58(42-40-44-17-5-2-6-18-44)55-25-13-9-21-49(55)29-30-50-22-10-14-26-56(50)58/h1-28,31-38H,29-30H2. The first kappa shape index (κ1) is 35.1. The van der Waals surface area contributed by atoms with E-state index in [4.69, 9.17) is 0 Å². The normalized spacial score (nSPS) is 14.0. The molecule has 0 aromatic heterocycles. The maximum absolute atomic E-state index is 3.90. The molecule has 272 valence electrons. The SMILES string of the molecule is C(#CC1(c2ccc(-c3ccc(C4(C#Cc5ccccc5)c5ccccc5CCc5ccccc54)cc3)cc2)c2ccccc2C=Cc2ccccc21)c1ccccc1. The van der Waals surface area contributed by atoms with E-state index in [1.807, 2.05) is 12.1 Å². The van der Waals surface area contributed by atoms with Crippen molar-refractivity contribution in [3.8, 4) is 34.8 Å². The third-order valence-corrected chi connectivity index (χ3v) is 12.0. The van der Waals surface area contributed by atoms with Crippen LogP contribution in [0.2, 0.25) is 0 Å². The van der Waals surface area contributed by atoms with Gasteiger partial charge in [-0.3, -0.25) is 0 Å². The van der Waals surface area contributed by atoms with Gasteiger partial charge in [-0.15, -0.1) is 0 Å². The molecule has 8 aromatic rings. The predicted octanol–water partition coefficient (Wildman–Crippen LogP) is 12.7. The molecule has 8 aromatic carbocycles. The molecule has 0 unspecified atom stereocenters. The molecule has 0 atom stereocenters. The van der Waals surface area contributed by atoms with Crippen molar-refractivity contribution in [3.63, 3.8) is 0 Å². The average Bonchev–Trinajstić information content (AvgIpc) is 3.54. The van der Waals surface area contributed by atoms with Crippen LogP contribution in [0.5, 0.6) is 0 Å². The van der Waals surface area contributed by atoms with Gasteiger partial charge in [-0.2, -0.15) is 0 Å². The topological polar surface area (TPSA) is 0 Å². The second-order valence-electron chi connectivity index (χ2n) is 15.2. The second kappa shape index (κ2) is 14.9. The van der Waals surface area contributed by atoms with Crippen molar-refractivity contribution >= 4 is 12.2 Å². The molecular formula is C58H40. The van der Waals surface area contributed by atoms with Crippen molar-refractivity contribution in [2.45, 2.75) is 23.7 Å². The first-order chi connectivity index (χ1) is 28.7. The van der Waals surface area contributed by atoms with E-state index in [9.17, 15) is 0 Å². The monoisotopic (exact) mass is 736 g/mol. The fraction of sp³-hybridized carbons (Fsp3) is 0.0690. The van der Waals surface area contributed by atoms with Gasteiger partial charge in [0.05, 0.1) is 0 Å². The second-order valence-corrected chi connectivity index (χ2v) is 15.2. The minimum Gasteiger partial charge on any atom is -0.0765 e. The van der Waals surface area contributed by atoms with Crippen LogP contribution in [-0.2, 0) is 23.7 Å². The Morgan fingerprint density at radius 3 is 1.09 bits per heavy atom. The van der Waals surface area contributed by atoms with E-state index in [1.165, 1.54) is 50.1 Å². The molecule has 58 heavy (non-hydrogen) atoms. The summed E-state index contributed by atoms with van der Waals surface area (Å²) in [7, 11) is 0. The Hall–Kier alpha value is -7.38. The summed E-state index contributed by atoms with van der Waals surface area (Å²) in [5.74, 6) is 15.0. The number of fused-ring (bicyclic) bond motifs is 4. The molecule has 0 saturated heterocycles. The van der Waals surface area contributed by atoms with E-state index in [-0.39, 0.29) is 0 Å². The molecule has 10 rings (SSSR count). The fourth-order valence-corrected chi connectivity index (χ4v) is 9.15. The number of benzene rings is 8. The quantitative estimate of drug-likeness (QED) is 0.158. The maximum Gasteiger partial charge on any atom is 0.108 e. The molecule has 0 heterocycles. The van der Waals surface area contributed by atoms with Crippen LogP contribution in [0.1, 0.15) is 66.8 Å². The number of rotatable bonds is 3. The zero-order valence-electron chi connectivity index (χ0n) is 32.2. The first-order valence-corrected chi connectivity index (χ1v) is 20.1. The summed E-state index contributed by atoms with van der Waals surface area (Å²) >= 11 is 0. The largest absolute Gasteiger partial charge is 0.108 e. The lowest BCUT2D eigenvalue weighted by Crippen LogP contribution is -2.29. The van der Waals surface area contributed by atoms with Crippen molar-refractivity contribution in [1.82, 2.24) is 0 Å². The van der Waals surface area contributed by atoms with Crippen LogP contribution in [0.4, 0.5) is 0 Å².